The number of ether oxygens (including phenoxy) is 1. The Morgan fingerprint density at radius 1 is 1.58 bits per heavy atom. The Labute approximate surface area is 79.7 Å². The van der Waals surface area contributed by atoms with Crippen molar-refractivity contribution < 1.29 is 4.74 Å². The fourth-order valence-electron chi connectivity index (χ4n) is 1.63. The van der Waals surface area contributed by atoms with Crippen molar-refractivity contribution >= 4 is 11.6 Å². The zero-order valence-electron chi connectivity index (χ0n) is 7.63. The molecule has 1 aliphatic heterocycles. The average molecular weight is 189 g/mol. The summed E-state index contributed by atoms with van der Waals surface area (Å²) in [5.74, 6) is 0.611. The quantitative estimate of drug-likeness (QED) is 0.660. The Morgan fingerprint density at radius 2 is 2.42 bits per heavy atom. The Hall–Kier alpha value is -0.0100. The molecule has 70 valence electrons. The van der Waals surface area contributed by atoms with Gasteiger partial charge in [0.1, 0.15) is 0 Å². The lowest BCUT2D eigenvalue weighted by molar-refractivity contribution is -0.0154. The minimum Gasteiger partial charge on any atom is -0.378 e. The Kier molecular flexibility index (Phi) is 4.70. The molecule has 1 nitrogen and oxygen atoms in total. The maximum atomic E-state index is 5.66. The van der Waals surface area contributed by atoms with Crippen LogP contribution in [0.1, 0.15) is 32.6 Å². The summed E-state index contributed by atoms with van der Waals surface area (Å²) in [5, 5.41) is 0. The minimum absolute atomic E-state index is 0.464. The summed E-state index contributed by atoms with van der Waals surface area (Å²) in [6.45, 7) is 3.17. The zero-order chi connectivity index (χ0) is 8.81. The third kappa shape index (κ3) is 3.16. The van der Waals surface area contributed by atoms with Gasteiger partial charge in [0.2, 0.25) is 0 Å². The standard InChI is InChI=1S/C10H17ClO/c1-9(5-4-7-11)10-6-2-3-8-12-10/h4,7,9-10H,2-3,5-6,8H2,1H3/b7-4+. The molecule has 2 heteroatoms. The second kappa shape index (κ2) is 5.60. The van der Waals surface area contributed by atoms with Crippen LogP contribution in [0, 0.1) is 5.92 Å². The fraction of sp³-hybridized carbons (Fsp3) is 0.800. The molecular formula is C10H17ClO. The maximum Gasteiger partial charge on any atom is 0.0603 e. The van der Waals surface area contributed by atoms with Crippen molar-refractivity contribution in [2.24, 2.45) is 5.92 Å². The molecule has 1 aliphatic rings. The molecule has 0 aliphatic carbocycles. The van der Waals surface area contributed by atoms with Gasteiger partial charge >= 0.3 is 0 Å². The smallest absolute Gasteiger partial charge is 0.0603 e. The number of rotatable bonds is 3. The molecule has 0 radical (unpaired) electrons. The monoisotopic (exact) mass is 188 g/mol. The van der Waals surface area contributed by atoms with Crippen LogP contribution in [0.5, 0.6) is 0 Å². The molecule has 0 spiro atoms. The van der Waals surface area contributed by atoms with Gasteiger partial charge in [-0.3, -0.25) is 0 Å². The van der Waals surface area contributed by atoms with Crippen molar-refractivity contribution in [3.8, 4) is 0 Å². The van der Waals surface area contributed by atoms with Crippen LogP contribution in [0.25, 0.3) is 0 Å². The summed E-state index contributed by atoms with van der Waals surface area (Å²) >= 11 is 5.46. The lowest BCUT2D eigenvalue weighted by atomic mass is 9.95. The average Bonchev–Trinajstić information content (AvgIpc) is 2.15. The van der Waals surface area contributed by atoms with E-state index in [9.17, 15) is 0 Å². The molecule has 2 unspecified atom stereocenters. The highest BCUT2D eigenvalue weighted by Gasteiger charge is 2.19. The summed E-state index contributed by atoms with van der Waals surface area (Å²) in [7, 11) is 0. The minimum atomic E-state index is 0.464. The highest BCUT2D eigenvalue weighted by molar-refractivity contribution is 6.25. The number of allylic oxidation sites excluding steroid dienone is 1. The van der Waals surface area contributed by atoms with E-state index in [-0.39, 0.29) is 0 Å². The summed E-state index contributed by atoms with van der Waals surface area (Å²) < 4.78 is 5.66. The van der Waals surface area contributed by atoms with Crippen LogP contribution in [-0.2, 0) is 4.74 Å². The van der Waals surface area contributed by atoms with Gasteiger partial charge in [0.25, 0.3) is 0 Å². The second-order valence-corrected chi connectivity index (χ2v) is 3.73. The predicted octanol–water partition coefficient (Wildman–Crippen LogP) is 3.33. The molecule has 0 aromatic rings. The molecule has 0 amide bonds. The van der Waals surface area contributed by atoms with Gasteiger partial charge in [-0.15, -0.1) is 0 Å². The van der Waals surface area contributed by atoms with Crippen LogP contribution >= 0.6 is 11.6 Å². The first kappa shape index (κ1) is 10.1. The summed E-state index contributed by atoms with van der Waals surface area (Å²) in [4.78, 5) is 0. The van der Waals surface area contributed by atoms with Gasteiger partial charge in [0, 0.05) is 12.1 Å². The molecule has 2 atom stereocenters. The number of halogens is 1. The number of hydrogen-bond acceptors (Lipinski definition) is 1. The van der Waals surface area contributed by atoms with E-state index < -0.39 is 0 Å². The van der Waals surface area contributed by atoms with Gasteiger partial charge in [0.15, 0.2) is 0 Å². The molecule has 0 saturated carbocycles. The summed E-state index contributed by atoms with van der Waals surface area (Å²) in [6, 6.07) is 0. The molecule has 0 bridgehead atoms. The summed E-state index contributed by atoms with van der Waals surface area (Å²) in [6.07, 6.45) is 7.27. The first-order valence-corrected chi connectivity index (χ1v) is 5.15. The number of hydrogen-bond donors (Lipinski definition) is 0. The first-order valence-electron chi connectivity index (χ1n) is 4.71. The van der Waals surface area contributed by atoms with E-state index in [0.29, 0.717) is 12.0 Å². The van der Waals surface area contributed by atoms with Crippen LogP contribution in [0.4, 0.5) is 0 Å². The molecule has 12 heavy (non-hydrogen) atoms. The van der Waals surface area contributed by atoms with Crippen molar-refractivity contribution in [2.75, 3.05) is 6.61 Å². The van der Waals surface area contributed by atoms with E-state index in [1.807, 2.05) is 6.08 Å². The maximum absolute atomic E-state index is 5.66. The second-order valence-electron chi connectivity index (χ2n) is 3.48. The lowest BCUT2D eigenvalue weighted by Crippen LogP contribution is -2.25. The van der Waals surface area contributed by atoms with Gasteiger partial charge in [-0.25, -0.2) is 0 Å². The van der Waals surface area contributed by atoms with Crippen LogP contribution in [0.2, 0.25) is 0 Å². The van der Waals surface area contributed by atoms with E-state index in [1.54, 1.807) is 5.54 Å². The lowest BCUT2D eigenvalue weighted by Gasteiger charge is -2.27. The largest absolute Gasteiger partial charge is 0.378 e. The van der Waals surface area contributed by atoms with Gasteiger partial charge in [0.05, 0.1) is 6.10 Å². The molecule has 0 aromatic heterocycles. The predicted molar refractivity (Wildman–Crippen MR) is 52.4 cm³/mol. The van der Waals surface area contributed by atoms with Crippen LogP contribution in [0.15, 0.2) is 11.6 Å². The van der Waals surface area contributed by atoms with E-state index in [4.69, 9.17) is 16.3 Å². The van der Waals surface area contributed by atoms with Crippen LogP contribution < -0.4 is 0 Å². The van der Waals surface area contributed by atoms with Crippen LogP contribution in [0.3, 0.4) is 0 Å². The van der Waals surface area contributed by atoms with Gasteiger partial charge < -0.3 is 4.74 Å². The molecule has 0 N–H and O–H groups in total. The van der Waals surface area contributed by atoms with Crippen molar-refractivity contribution in [3.05, 3.63) is 11.6 Å². The normalized spacial score (nSPS) is 27.7. The topological polar surface area (TPSA) is 9.23 Å². The Balaban J connectivity index is 2.24. The van der Waals surface area contributed by atoms with Gasteiger partial charge in [-0.05, 0) is 31.6 Å². The highest BCUT2D eigenvalue weighted by Crippen LogP contribution is 2.22. The van der Waals surface area contributed by atoms with Crippen molar-refractivity contribution in [1.82, 2.24) is 0 Å². The Bertz CT molecular complexity index is 139. The van der Waals surface area contributed by atoms with E-state index in [0.717, 1.165) is 13.0 Å². The van der Waals surface area contributed by atoms with Gasteiger partial charge in [-0.1, -0.05) is 24.6 Å². The van der Waals surface area contributed by atoms with Gasteiger partial charge in [-0.2, -0.15) is 0 Å². The van der Waals surface area contributed by atoms with Crippen molar-refractivity contribution in [3.63, 3.8) is 0 Å². The van der Waals surface area contributed by atoms with Crippen LogP contribution in [-0.4, -0.2) is 12.7 Å². The Morgan fingerprint density at radius 3 is 3.00 bits per heavy atom. The van der Waals surface area contributed by atoms with Crippen molar-refractivity contribution in [2.45, 2.75) is 38.7 Å². The third-order valence-electron chi connectivity index (χ3n) is 2.45. The van der Waals surface area contributed by atoms with E-state index in [1.165, 1.54) is 19.3 Å². The molecular weight excluding hydrogens is 172 g/mol. The first-order chi connectivity index (χ1) is 5.84. The molecule has 1 saturated heterocycles. The zero-order valence-corrected chi connectivity index (χ0v) is 8.39. The highest BCUT2D eigenvalue weighted by atomic mass is 35.5. The van der Waals surface area contributed by atoms with Crippen molar-refractivity contribution in [1.29, 1.82) is 0 Å². The van der Waals surface area contributed by atoms with E-state index >= 15 is 0 Å². The molecule has 1 fully saturated rings. The SMILES string of the molecule is CC(C/C=C/Cl)C1CCCCO1. The molecule has 1 heterocycles. The molecule has 1 rings (SSSR count). The fourth-order valence-corrected chi connectivity index (χ4v) is 1.74. The summed E-state index contributed by atoms with van der Waals surface area (Å²) in [5.41, 5.74) is 1.60. The van der Waals surface area contributed by atoms with E-state index in [2.05, 4.69) is 6.92 Å². The third-order valence-corrected chi connectivity index (χ3v) is 2.62. The molecule has 0 aromatic carbocycles.